The molecule has 0 spiro atoms. The van der Waals surface area contributed by atoms with E-state index in [0.717, 1.165) is 0 Å². The molecule has 2 aliphatic rings. The summed E-state index contributed by atoms with van der Waals surface area (Å²) in [5.74, 6) is -0.446. The first-order valence-electron chi connectivity index (χ1n) is 9.64. The van der Waals surface area contributed by atoms with Gasteiger partial charge in [0, 0.05) is 25.5 Å². The summed E-state index contributed by atoms with van der Waals surface area (Å²) in [7, 11) is 1.71. The van der Waals surface area contributed by atoms with Crippen molar-refractivity contribution >= 4 is 23.0 Å². The first-order valence-corrected chi connectivity index (χ1v) is 11.2. The minimum absolute atomic E-state index is 0.0456. The molecule has 0 aliphatic carbocycles. The Labute approximate surface area is 178 Å². The quantitative estimate of drug-likeness (QED) is 0.315. The van der Waals surface area contributed by atoms with E-state index in [2.05, 4.69) is 23.2 Å². The number of nitrogens with zero attached hydrogens (tertiary/aromatic N) is 4. The van der Waals surface area contributed by atoms with E-state index in [4.69, 9.17) is 4.74 Å². The second kappa shape index (κ2) is 11.1. The van der Waals surface area contributed by atoms with Crippen LogP contribution in [0.4, 0.5) is 19.3 Å². The molecule has 0 bridgehead atoms. The van der Waals surface area contributed by atoms with Crippen LogP contribution in [-0.2, 0) is 15.9 Å². The van der Waals surface area contributed by atoms with Crippen molar-refractivity contribution in [3.8, 4) is 12.8 Å². The fourth-order valence-corrected chi connectivity index (χ4v) is 4.86. The molecule has 1 N–H and O–H groups in total. The predicted octanol–water partition coefficient (Wildman–Crippen LogP) is 3.83. The van der Waals surface area contributed by atoms with E-state index in [1.165, 1.54) is 17.0 Å². The molecule has 2 heterocycles. The summed E-state index contributed by atoms with van der Waals surface area (Å²) in [5, 5.41) is 9.37. The topological polar surface area (TPSA) is 77.7 Å². The molecule has 7 nitrogen and oxygen atoms in total. The SMILES string of the molecule is C#C.CCN=NN(C)CC1CN(c2cc(F)c(C3CC[S+](O)CC3)c(F)c2)C(=O)O1. The van der Waals surface area contributed by atoms with Gasteiger partial charge in [-0.1, -0.05) is 5.22 Å². The van der Waals surface area contributed by atoms with E-state index in [-0.39, 0.29) is 23.7 Å². The lowest BCUT2D eigenvalue weighted by atomic mass is 9.92. The number of hydrogen-bond acceptors (Lipinski definition) is 5. The zero-order valence-electron chi connectivity index (χ0n) is 17.1. The molecule has 1 atom stereocenters. The van der Waals surface area contributed by atoms with E-state index in [9.17, 15) is 18.1 Å². The number of anilines is 1. The van der Waals surface area contributed by atoms with Crippen molar-refractivity contribution < 1.29 is 22.9 Å². The average Bonchev–Trinajstić information content (AvgIpc) is 3.08. The van der Waals surface area contributed by atoms with Gasteiger partial charge in [-0.3, -0.25) is 9.91 Å². The van der Waals surface area contributed by atoms with Gasteiger partial charge in [-0.15, -0.1) is 12.8 Å². The van der Waals surface area contributed by atoms with E-state index < -0.39 is 35.0 Å². The smallest absolute Gasteiger partial charge is 0.414 e. The number of benzene rings is 1. The maximum Gasteiger partial charge on any atom is 0.414 e. The molecule has 0 radical (unpaired) electrons. The number of cyclic esters (lactones) is 1. The molecule has 3 rings (SSSR count). The van der Waals surface area contributed by atoms with Crippen LogP contribution in [0.15, 0.2) is 22.5 Å². The Hall–Kier alpha value is -2.38. The number of carbonyl (C=O) groups excluding carboxylic acids is 1. The maximum atomic E-state index is 14.7. The molecular formula is C20H27F2N4O3S+. The number of halogens is 2. The summed E-state index contributed by atoms with van der Waals surface area (Å²) in [6.07, 6.45) is 8.00. The lowest BCUT2D eigenvalue weighted by Gasteiger charge is -2.22. The van der Waals surface area contributed by atoms with Crippen molar-refractivity contribution in [2.45, 2.75) is 31.8 Å². The van der Waals surface area contributed by atoms with Crippen LogP contribution < -0.4 is 4.90 Å². The van der Waals surface area contributed by atoms with Gasteiger partial charge in [0.25, 0.3) is 0 Å². The van der Waals surface area contributed by atoms with E-state index in [1.54, 1.807) is 12.1 Å². The molecule has 0 aromatic heterocycles. The van der Waals surface area contributed by atoms with E-state index in [0.29, 0.717) is 37.4 Å². The fraction of sp³-hybridized carbons (Fsp3) is 0.550. The lowest BCUT2D eigenvalue weighted by Crippen LogP contribution is -2.30. The maximum absolute atomic E-state index is 14.7. The van der Waals surface area contributed by atoms with Gasteiger partial charge in [-0.05, 0) is 25.0 Å². The number of ether oxygens (including phenoxy) is 1. The van der Waals surface area contributed by atoms with Crippen molar-refractivity contribution in [3.05, 3.63) is 29.3 Å². The van der Waals surface area contributed by atoms with Gasteiger partial charge >= 0.3 is 6.09 Å². The van der Waals surface area contributed by atoms with Crippen LogP contribution in [0.25, 0.3) is 0 Å². The summed E-state index contributed by atoms with van der Waals surface area (Å²) in [6, 6.07) is 2.38. The first-order chi connectivity index (χ1) is 14.4. The Balaban J connectivity index is 0.00000155. The second-order valence-electron chi connectivity index (χ2n) is 6.97. The number of carbonyl (C=O) groups is 1. The third-order valence-corrected chi connectivity index (χ3v) is 6.30. The Morgan fingerprint density at radius 1 is 1.30 bits per heavy atom. The third-order valence-electron chi connectivity index (χ3n) is 4.89. The molecule has 0 saturated carbocycles. The standard InChI is InChI=1S/C18H25F2N4O3S.C2H2/c1-3-21-22-23(2)10-14-11-24(18(25)27-14)13-8-15(19)17(16(20)9-13)12-4-6-28(26)7-5-12;1-2/h8-9,12,14,26H,3-7,10-11H2,1-2H3;1-2H/q+1;. The normalized spacial score (nSPS) is 23.8. The van der Waals surface area contributed by atoms with Gasteiger partial charge in [0.2, 0.25) is 0 Å². The Morgan fingerprint density at radius 2 is 1.90 bits per heavy atom. The molecule has 1 aromatic carbocycles. The van der Waals surface area contributed by atoms with Gasteiger partial charge in [-0.25, -0.2) is 13.6 Å². The zero-order valence-corrected chi connectivity index (χ0v) is 17.9. The van der Waals surface area contributed by atoms with Gasteiger partial charge in [0.05, 0.1) is 25.3 Å². The van der Waals surface area contributed by atoms with Crippen LogP contribution in [0.3, 0.4) is 0 Å². The molecule has 30 heavy (non-hydrogen) atoms. The fourth-order valence-electron chi connectivity index (χ4n) is 3.54. The molecule has 10 heteroatoms. The highest BCUT2D eigenvalue weighted by Crippen LogP contribution is 2.35. The molecule has 2 fully saturated rings. The molecule has 2 aliphatic heterocycles. The monoisotopic (exact) mass is 441 g/mol. The van der Waals surface area contributed by atoms with Crippen LogP contribution in [0.5, 0.6) is 0 Å². The zero-order chi connectivity index (χ0) is 22.3. The minimum Gasteiger partial charge on any atom is -0.442 e. The van der Waals surface area contributed by atoms with Crippen molar-refractivity contribution in [1.29, 1.82) is 0 Å². The summed E-state index contributed by atoms with van der Waals surface area (Å²) >= 11 is -0.653. The third kappa shape index (κ3) is 5.83. The first kappa shape index (κ1) is 23.9. The van der Waals surface area contributed by atoms with Crippen LogP contribution in [0.1, 0.15) is 31.2 Å². The summed E-state index contributed by atoms with van der Waals surface area (Å²) in [6.45, 7) is 2.92. The molecule has 2 saturated heterocycles. The number of terminal acetylenes is 1. The van der Waals surface area contributed by atoms with Crippen molar-refractivity contribution in [2.75, 3.05) is 43.1 Å². The van der Waals surface area contributed by atoms with E-state index in [1.807, 2.05) is 6.92 Å². The minimum atomic E-state index is -0.662. The highest BCUT2D eigenvalue weighted by atomic mass is 32.2. The molecule has 1 aromatic rings. The molecule has 1 amide bonds. The highest BCUT2D eigenvalue weighted by Gasteiger charge is 2.36. The largest absolute Gasteiger partial charge is 0.442 e. The predicted molar refractivity (Wildman–Crippen MR) is 114 cm³/mol. The Bertz CT molecular complexity index is 762. The Kier molecular flexibility index (Phi) is 8.87. The van der Waals surface area contributed by atoms with Crippen LogP contribution >= 0.6 is 0 Å². The van der Waals surface area contributed by atoms with Crippen LogP contribution in [-0.4, -0.2) is 59.9 Å². The summed E-state index contributed by atoms with van der Waals surface area (Å²) < 4.78 is 44.3. The summed E-state index contributed by atoms with van der Waals surface area (Å²) in [4.78, 5) is 13.4. The van der Waals surface area contributed by atoms with Gasteiger partial charge in [-0.2, -0.15) is 9.67 Å². The van der Waals surface area contributed by atoms with E-state index >= 15 is 0 Å². The van der Waals surface area contributed by atoms with Gasteiger partial charge in [0.15, 0.2) is 0 Å². The lowest BCUT2D eigenvalue weighted by molar-refractivity contribution is 0.115. The Morgan fingerprint density at radius 3 is 2.47 bits per heavy atom. The number of rotatable bonds is 6. The summed E-state index contributed by atoms with van der Waals surface area (Å²) in [5.41, 5.74) is 0.186. The van der Waals surface area contributed by atoms with Crippen LogP contribution in [0, 0.1) is 24.5 Å². The number of amides is 1. The van der Waals surface area contributed by atoms with Gasteiger partial charge < -0.3 is 4.74 Å². The molecule has 164 valence electrons. The van der Waals surface area contributed by atoms with Crippen LogP contribution in [0.2, 0.25) is 0 Å². The number of hydrogen-bond donors (Lipinski definition) is 1. The van der Waals surface area contributed by atoms with Crippen molar-refractivity contribution in [3.63, 3.8) is 0 Å². The van der Waals surface area contributed by atoms with Crippen molar-refractivity contribution in [1.82, 2.24) is 5.01 Å². The molecular weight excluding hydrogens is 414 g/mol. The average molecular weight is 442 g/mol. The highest BCUT2D eigenvalue weighted by molar-refractivity contribution is 7.91. The molecule has 1 unspecified atom stereocenters. The van der Waals surface area contributed by atoms with Gasteiger partial charge in [0.1, 0.15) is 40.4 Å². The second-order valence-corrected chi connectivity index (χ2v) is 8.71. The van der Waals surface area contributed by atoms with Crippen molar-refractivity contribution in [2.24, 2.45) is 10.3 Å². The number of likely N-dealkylation sites (N-methyl/N-ethyl adjacent to an activating group) is 1.